The average Bonchev–Trinajstić information content (AvgIpc) is 2.83. The lowest BCUT2D eigenvalue weighted by Gasteiger charge is -2.33. The predicted molar refractivity (Wildman–Crippen MR) is 102 cm³/mol. The van der Waals surface area contributed by atoms with Crippen molar-refractivity contribution in [2.24, 2.45) is 0 Å². The number of hydrogen-bond donors (Lipinski definition) is 1. The van der Waals surface area contributed by atoms with Crippen LogP contribution in [0.4, 0.5) is 0 Å². The van der Waals surface area contributed by atoms with Gasteiger partial charge in [-0.05, 0) is 50.9 Å². The predicted octanol–water partition coefficient (Wildman–Crippen LogP) is 2.44. The largest absolute Gasteiger partial charge is 0.461 e. The average molecular weight is 366 g/mol. The van der Waals surface area contributed by atoms with E-state index in [2.05, 4.69) is 16.9 Å². The molecule has 2 heterocycles. The Labute approximate surface area is 160 Å². The van der Waals surface area contributed by atoms with Crippen molar-refractivity contribution in [1.29, 1.82) is 0 Å². The Hall–Kier alpha value is -2.24. The van der Waals surface area contributed by atoms with E-state index in [1.165, 1.54) is 6.42 Å². The minimum Gasteiger partial charge on any atom is -0.461 e. The van der Waals surface area contributed by atoms with Gasteiger partial charge in [-0.3, -0.25) is 4.98 Å². The third kappa shape index (κ3) is 3.26. The smallest absolute Gasteiger partial charge is 0.347 e. The van der Waals surface area contributed by atoms with Crippen LogP contribution in [0, 0.1) is 0 Å². The molecule has 1 aliphatic carbocycles. The molecule has 4 rings (SSSR count). The first kappa shape index (κ1) is 18.1. The number of fused-ring (bicyclic) bond motifs is 2. The van der Waals surface area contributed by atoms with Gasteiger partial charge in [-0.1, -0.05) is 36.8 Å². The van der Waals surface area contributed by atoms with E-state index in [0.717, 1.165) is 37.1 Å². The number of likely N-dealkylation sites (tertiary alicyclic amines) is 1. The Kier molecular flexibility index (Phi) is 4.98. The monoisotopic (exact) mass is 366 g/mol. The first-order chi connectivity index (χ1) is 13.1. The van der Waals surface area contributed by atoms with Crippen LogP contribution in [0.15, 0.2) is 42.6 Å². The summed E-state index contributed by atoms with van der Waals surface area (Å²) in [6.45, 7) is 1.32. The highest BCUT2D eigenvalue weighted by Gasteiger charge is 2.46. The Morgan fingerprint density at radius 2 is 2.04 bits per heavy atom. The van der Waals surface area contributed by atoms with Gasteiger partial charge in [-0.25, -0.2) is 4.79 Å². The molecule has 27 heavy (non-hydrogen) atoms. The van der Waals surface area contributed by atoms with Crippen molar-refractivity contribution < 1.29 is 14.6 Å². The summed E-state index contributed by atoms with van der Waals surface area (Å²) in [5.74, 6) is -0.606. The molecular formula is C22H26N2O3. The first-order valence-corrected chi connectivity index (χ1v) is 9.73. The van der Waals surface area contributed by atoms with Crippen LogP contribution in [0.1, 0.15) is 41.6 Å². The molecule has 2 aliphatic rings. The van der Waals surface area contributed by atoms with E-state index >= 15 is 0 Å². The maximum atomic E-state index is 13.2. The van der Waals surface area contributed by atoms with Gasteiger partial charge in [-0.2, -0.15) is 0 Å². The molecule has 2 aromatic rings. The number of ether oxygens (including phenoxy) is 1. The minimum absolute atomic E-state index is 0.209. The van der Waals surface area contributed by atoms with Gasteiger partial charge in [0.05, 0.1) is 0 Å². The number of rotatable bonds is 3. The number of nitrogens with zero attached hydrogens (tertiary/aromatic N) is 2. The van der Waals surface area contributed by atoms with Gasteiger partial charge in [0.25, 0.3) is 0 Å². The van der Waals surface area contributed by atoms with Crippen molar-refractivity contribution in [3.8, 4) is 0 Å². The number of likely N-dealkylation sites (N-methyl/N-ethyl adjacent to an activating group) is 1. The van der Waals surface area contributed by atoms with Crippen molar-refractivity contribution in [3.63, 3.8) is 0 Å². The summed E-state index contributed by atoms with van der Waals surface area (Å²) < 4.78 is 5.71. The Morgan fingerprint density at radius 3 is 2.89 bits per heavy atom. The third-order valence-corrected chi connectivity index (χ3v) is 5.94. The van der Waals surface area contributed by atoms with Crippen LogP contribution in [0.5, 0.6) is 0 Å². The highest BCUT2D eigenvalue weighted by atomic mass is 16.6. The third-order valence-electron chi connectivity index (χ3n) is 5.94. The minimum atomic E-state index is -1.82. The number of hydrogen-bond acceptors (Lipinski definition) is 5. The van der Waals surface area contributed by atoms with Gasteiger partial charge in [0.1, 0.15) is 6.61 Å². The molecule has 1 aromatic heterocycles. The lowest BCUT2D eigenvalue weighted by molar-refractivity contribution is -0.164. The van der Waals surface area contributed by atoms with E-state index in [1.54, 1.807) is 18.3 Å². The molecule has 1 aliphatic heterocycles. The fourth-order valence-electron chi connectivity index (χ4n) is 4.31. The number of aryl methyl sites for hydroxylation is 2. The van der Waals surface area contributed by atoms with Gasteiger partial charge in [0, 0.05) is 29.1 Å². The summed E-state index contributed by atoms with van der Waals surface area (Å²) in [6, 6.07) is 11.3. The number of carbonyl (C=O) groups excluding carboxylic acids is 1. The molecule has 1 aromatic carbocycles. The van der Waals surface area contributed by atoms with E-state index in [-0.39, 0.29) is 6.04 Å². The van der Waals surface area contributed by atoms with Crippen LogP contribution in [-0.4, -0.2) is 47.2 Å². The summed E-state index contributed by atoms with van der Waals surface area (Å²) in [6.07, 6.45) is 6.47. The van der Waals surface area contributed by atoms with Crippen LogP contribution in [0.25, 0.3) is 0 Å². The second kappa shape index (κ2) is 7.41. The van der Waals surface area contributed by atoms with Crippen molar-refractivity contribution in [1.82, 2.24) is 9.88 Å². The molecule has 0 spiro atoms. The number of esters is 1. The van der Waals surface area contributed by atoms with Gasteiger partial charge in [0.15, 0.2) is 0 Å². The summed E-state index contributed by atoms with van der Waals surface area (Å²) >= 11 is 0. The van der Waals surface area contributed by atoms with Crippen LogP contribution < -0.4 is 0 Å². The van der Waals surface area contributed by atoms with Crippen LogP contribution in [0.2, 0.25) is 0 Å². The molecule has 0 bridgehead atoms. The van der Waals surface area contributed by atoms with Gasteiger partial charge >= 0.3 is 5.97 Å². The number of aromatic nitrogens is 1. The highest BCUT2D eigenvalue weighted by Crippen LogP contribution is 2.38. The van der Waals surface area contributed by atoms with Crippen LogP contribution >= 0.6 is 0 Å². The topological polar surface area (TPSA) is 62.7 Å². The zero-order valence-electron chi connectivity index (χ0n) is 15.7. The molecule has 0 radical (unpaired) electrons. The molecule has 5 nitrogen and oxygen atoms in total. The summed E-state index contributed by atoms with van der Waals surface area (Å²) in [4.78, 5) is 19.9. The zero-order chi connectivity index (χ0) is 18.9. The molecule has 142 valence electrons. The number of aliphatic hydroxyl groups is 1. The molecule has 1 N–H and O–H groups in total. The molecule has 2 atom stereocenters. The Morgan fingerprint density at radius 1 is 1.22 bits per heavy atom. The summed E-state index contributed by atoms with van der Waals surface area (Å²) in [5.41, 5.74) is 1.05. The summed E-state index contributed by atoms with van der Waals surface area (Å²) in [7, 11) is 2.06. The molecule has 0 amide bonds. The van der Waals surface area contributed by atoms with Gasteiger partial charge in [-0.15, -0.1) is 0 Å². The maximum absolute atomic E-state index is 13.2. The highest BCUT2D eigenvalue weighted by molar-refractivity contribution is 5.86. The molecule has 5 heteroatoms. The van der Waals surface area contributed by atoms with Crippen LogP contribution in [-0.2, 0) is 28.0 Å². The fraction of sp³-hybridized carbons (Fsp3) is 0.455. The van der Waals surface area contributed by atoms with E-state index in [4.69, 9.17) is 4.74 Å². The standard InChI is InChI=1S/C22H26N2O3/c1-24-14-5-4-8-17(24)15-27-21(25)22(26)18-9-3-2-7-16(18)11-12-20-19(22)10-6-13-23-20/h2-3,6-7,9-10,13,17,26H,4-5,8,11-12,14-15H2,1H3. The van der Waals surface area contributed by atoms with E-state index in [1.807, 2.05) is 24.3 Å². The molecule has 0 saturated carbocycles. The van der Waals surface area contributed by atoms with Gasteiger partial charge in [0.2, 0.25) is 5.60 Å². The number of carbonyl (C=O) groups is 1. The number of pyridine rings is 1. The second-order valence-electron chi connectivity index (χ2n) is 7.59. The van der Waals surface area contributed by atoms with E-state index in [0.29, 0.717) is 24.2 Å². The molecular weight excluding hydrogens is 340 g/mol. The SMILES string of the molecule is CN1CCCCC1COC(=O)C1(O)c2ccccc2CCc2ncccc21. The van der Waals surface area contributed by atoms with E-state index in [9.17, 15) is 9.90 Å². The fourth-order valence-corrected chi connectivity index (χ4v) is 4.31. The summed E-state index contributed by atoms with van der Waals surface area (Å²) in [5, 5.41) is 11.7. The van der Waals surface area contributed by atoms with Crippen molar-refractivity contribution in [2.45, 2.75) is 43.7 Å². The van der Waals surface area contributed by atoms with Crippen molar-refractivity contribution in [3.05, 3.63) is 65.0 Å². The van der Waals surface area contributed by atoms with Gasteiger partial charge < -0.3 is 14.7 Å². The number of benzene rings is 1. The zero-order valence-corrected chi connectivity index (χ0v) is 15.7. The maximum Gasteiger partial charge on any atom is 0.347 e. The quantitative estimate of drug-likeness (QED) is 0.846. The second-order valence-corrected chi connectivity index (χ2v) is 7.59. The first-order valence-electron chi connectivity index (χ1n) is 9.73. The van der Waals surface area contributed by atoms with Crippen molar-refractivity contribution in [2.75, 3.05) is 20.2 Å². The van der Waals surface area contributed by atoms with E-state index < -0.39 is 11.6 Å². The molecule has 2 unspecified atom stereocenters. The van der Waals surface area contributed by atoms with Crippen molar-refractivity contribution >= 4 is 5.97 Å². The number of piperidine rings is 1. The molecule has 1 saturated heterocycles. The normalized spacial score (nSPS) is 25.2. The Balaban J connectivity index is 1.68. The van der Waals surface area contributed by atoms with Crippen LogP contribution in [0.3, 0.4) is 0 Å². The molecule has 1 fully saturated rings. The Bertz CT molecular complexity index is 788. The lowest BCUT2D eigenvalue weighted by Crippen LogP contribution is -2.44. The lowest BCUT2D eigenvalue weighted by atomic mass is 9.84.